The van der Waals surface area contributed by atoms with Gasteiger partial charge in [-0.05, 0) is 48.0 Å². The van der Waals surface area contributed by atoms with Crippen LogP contribution in [0.1, 0.15) is 5.56 Å². The van der Waals surface area contributed by atoms with Crippen LogP contribution in [-0.4, -0.2) is 22.6 Å². The largest absolute Gasteiger partial charge is 0.454 e. The topological polar surface area (TPSA) is 77.7 Å². The fourth-order valence-electron chi connectivity index (χ4n) is 3.18. The molecule has 1 N–H and O–H groups in total. The van der Waals surface area contributed by atoms with Gasteiger partial charge in [0.1, 0.15) is 0 Å². The zero-order valence-corrected chi connectivity index (χ0v) is 15.3. The molecule has 1 aliphatic heterocycles. The minimum absolute atomic E-state index is 0.164. The lowest BCUT2D eigenvalue weighted by molar-refractivity contribution is 0.174. The second kappa shape index (κ2) is 7.12. The summed E-state index contributed by atoms with van der Waals surface area (Å²) in [7, 11) is 0. The quantitative estimate of drug-likeness (QED) is 0.430. The predicted molar refractivity (Wildman–Crippen MR) is 111 cm³/mol. The van der Waals surface area contributed by atoms with Gasteiger partial charge in [0.25, 0.3) is 5.56 Å². The molecule has 0 radical (unpaired) electrons. The third kappa shape index (κ3) is 3.19. The highest BCUT2D eigenvalue weighted by Crippen LogP contribution is 2.32. The maximum absolute atomic E-state index is 13.1. The number of nitrogens with zero attached hydrogens (tertiary/aromatic N) is 3. The molecule has 7 nitrogen and oxygen atoms in total. The van der Waals surface area contributed by atoms with Gasteiger partial charge in [0, 0.05) is 0 Å². The van der Waals surface area contributed by atoms with Crippen LogP contribution in [0.15, 0.2) is 82.7 Å². The molecule has 0 amide bonds. The first-order valence-electron chi connectivity index (χ1n) is 9.05. The van der Waals surface area contributed by atoms with Crippen molar-refractivity contribution >= 4 is 23.1 Å². The number of hydrogen-bond acceptors (Lipinski definition) is 6. The van der Waals surface area contributed by atoms with Crippen LogP contribution in [0.3, 0.4) is 0 Å². The molecule has 142 valence electrons. The van der Waals surface area contributed by atoms with Gasteiger partial charge in [0.2, 0.25) is 12.7 Å². The number of hydrazone groups is 1. The molecule has 0 unspecified atom stereocenters. The molecule has 1 aromatic heterocycles. The molecule has 0 fully saturated rings. The average Bonchev–Trinajstić information content (AvgIpc) is 3.23. The SMILES string of the molecule is O=c1c2ccccc2nc(N/N=C\c2ccc3c(c2)OCO3)n1-c1ccccc1. The van der Waals surface area contributed by atoms with E-state index >= 15 is 0 Å². The molecule has 0 saturated heterocycles. The summed E-state index contributed by atoms with van der Waals surface area (Å²) in [6, 6.07) is 22.1. The van der Waals surface area contributed by atoms with E-state index in [1.165, 1.54) is 4.57 Å². The van der Waals surface area contributed by atoms with Gasteiger partial charge < -0.3 is 9.47 Å². The summed E-state index contributed by atoms with van der Waals surface area (Å²) < 4.78 is 12.2. The second-order valence-electron chi connectivity index (χ2n) is 6.41. The molecular weight excluding hydrogens is 368 g/mol. The molecule has 0 atom stereocenters. The van der Waals surface area contributed by atoms with Crippen molar-refractivity contribution in [3.05, 3.63) is 88.7 Å². The van der Waals surface area contributed by atoms with Crippen LogP contribution in [0.25, 0.3) is 16.6 Å². The number of fused-ring (bicyclic) bond motifs is 2. The number of rotatable bonds is 4. The highest BCUT2D eigenvalue weighted by atomic mass is 16.7. The molecule has 1 aliphatic rings. The number of ether oxygens (including phenoxy) is 2. The van der Waals surface area contributed by atoms with Gasteiger partial charge in [-0.25, -0.2) is 15.0 Å². The third-order valence-electron chi connectivity index (χ3n) is 4.56. The monoisotopic (exact) mass is 384 g/mol. The van der Waals surface area contributed by atoms with Crippen molar-refractivity contribution < 1.29 is 9.47 Å². The number of anilines is 1. The van der Waals surface area contributed by atoms with Crippen LogP contribution in [0.5, 0.6) is 11.5 Å². The maximum Gasteiger partial charge on any atom is 0.267 e. The van der Waals surface area contributed by atoms with Gasteiger partial charge >= 0.3 is 0 Å². The Hall–Kier alpha value is -4.13. The lowest BCUT2D eigenvalue weighted by Crippen LogP contribution is -2.22. The molecule has 4 aromatic rings. The van der Waals surface area contributed by atoms with E-state index in [9.17, 15) is 4.79 Å². The van der Waals surface area contributed by atoms with Crippen molar-refractivity contribution in [2.75, 3.05) is 12.2 Å². The molecule has 7 heteroatoms. The summed E-state index contributed by atoms with van der Waals surface area (Å²) in [5.74, 6) is 1.72. The Morgan fingerprint density at radius 1 is 0.966 bits per heavy atom. The zero-order valence-electron chi connectivity index (χ0n) is 15.3. The van der Waals surface area contributed by atoms with E-state index in [1.807, 2.05) is 60.7 Å². The minimum atomic E-state index is -0.164. The Morgan fingerprint density at radius 3 is 2.66 bits per heavy atom. The van der Waals surface area contributed by atoms with E-state index in [2.05, 4.69) is 15.5 Å². The van der Waals surface area contributed by atoms with Crippen molar-refractivity contribution in [1.29, 1.82) is 0 Å². The molecule has 5 rings (SSSR count). The van der Waals surface area contributed by atoms with Gasteiger partial charge in [-0.3, -0.25) is 4.79 Å². The standard InChI is InChI=1S/C22H16N4O3/c27-21-17-8-4-5-9-18(17)24-22(26(21)16-6-2-1-3-7-16)25-23-13-15-10-11-19-20(12-15)29-14-28-19/h1-13H,14H2,(H,24,25)/b23-13-. The van der Waals surface area contributed by atoms with E-state index in [1.54, 1.807) is 18.3 Å². The maximum atomic E-state index is 13.1. The first kappa shape index (κ1) is 17.0. The molecular formula is C22H16N4O3. The molecule has 3 aromatic carbocycles. The Morgan fingerprint density at radius 2 is 1.76 bits per heavy atom. The molecule has 0 saturated carbocycles. The fraction of sp³-hybridized carbons (Fsp3) is 0.0455. The van der Waals surface area contributed by atoms with Crippen LogP contribution in [0, 0.1) is 0 Å². The molecule has 29 heavy (non-hydrogen) atoms. The Kier molecular flexibility index (Phi) is 4.18. The number of aromatic nitrogens is 2. The normalized spacial score (nSPS) is 12.6. The van der Waals surface area contributed by atoms with Crippen molar-refractivity contribution in [2.45, 2.75) is 0 Å². The lowest BCUT2D eigenvalue weighted by atomic mass is 10.2. The Balaban J connectivity index is 1.54. The van der Waals surface area contributed by atoms with Crippen LogP contribution >= 0.6 is 0 Å². The predicted octanol–water partition coefficient (Wildman–Crippen LogP) is 3.56. The van der Waals surface area contributed by atoms with Gasteiger partial charge in [-0.1, -0.05) is 30.3 Å². The smallest absolute Gasteiger partial charge is 0.267 e. The minimum Gasteiger partial charge on any atom is -0.454 e. The van der Waals surface area contributed by atoms with Crippen LogP contribution in [-0.2, 0) is 0 Å². The zero-order chi connectivity index (χ0) is 19.6. The average molecular weight is 384 g/mol. The highest BCUT2D eigenvalue weighted by Gasteiger charge is 2.13. The number of nitrogens with one attached hydrogen (secondary N) is 1. The van der Waals surface area contributed by atoms with E-state index < -0.39 is 0 Å². The van der Waals surface area contributed by atoms with Gasteiger partial charge in [-0.15, -0.1) is 0 Å². The summed E-state index contributed by atoms with van der Waals surface area (Å²) in [6.45, 7) is 0.221. The number of benzene rings is 3. The van der Waals surface area contributed by atoms with Gasteiger partial charge in [0.15, 0.2) is 11.5 Å². The second-order valence-corrected chi connectivity index (χ2v) is 6.41. The number of hydrogen-bond donors (Lipinski definition) is 1. The molecule has 0 bridgehead atoms. The summed E-state index contributed by atoms with van der Waals surface area (Å²) in [5, 5.41) is 4.82. The van der Waals surface area contributed by atoms with Crippen LogP contribution in [0.2, 0.25) is 0 Å². The fourth-order valence-corrected chi connectivity index (χ4v) is 3.18. The third-order valence-corrected chi connectivity index (χ3v) is 4.56. The van der Waals surface area contributed by atoms with Crippen molar-refractivity contribution in [1.82, 2.24) is 9.55 Å². The van der Waals surface area contributed by atoms with Gasteiger partial charge in [0.05, 0.1) is 22.8 Å². The van der Waals surface area contributed by atoms with E-state index in [-0.39, 0.29) is 12.4 Å². The lowest BCUT2D eigenvalue weighted by Gasteiger charge is -2.12. The van der Waals surface area contributed by atoms with E-state index in [4.69, 9.17) is 9.47 Å². The first-order chi connectivity index (χ1) is 14.3. The summed E-state index contributed by atoms with van der Waals surface area (Å²) >= 11 is 0. The van der Waals surface area contributed by atoms with Crippen LogP contribution < -0.4 is 20.5 Å². The van der Waals surface area contributed by atoms with Crippen LogP contribution in [0.4, 0.5) is 5.95 Å². The van der Waals surface area contributed by atoms with E-state index in [0.29, 0.717) is 34.0 Å². The summed E-state index contributed by atoms with van der Waals surface area (Å²) in [5.41, 5.74) is 4.88. The van der Waals surface area contributed by atoms with E-state index in [0.717, 1.165) is 5.56 Å². The molecule has 0 spiro atoms. The summed E-state index contributed by atoms with van der Waals surface area (Å²) in [4.78, 5) is 17.7. The Bertz CT molecular complexity index is 1280. The number of para-hydroxylation sites is 2. The highest BCUT2D eigenvalue weighted by molar-refractivity contribution is 5.82. The van der Waals surface area contributed by atoms with Gasteiger partial charge in [-0.2, -0.15) is 5.10 Å². The molecule has 2 heterocycles. The summed E-state index contributed by atoms with van der Waals surface area (Å²) in [6.07, 6.45) is 1.64. The van der Waals surface area contributed by atoms with Crippen molar-refractivity contribution in [3.8, 4) is 17.2 Å². The van der Waals surface area contributed by atoms with Crippen molar-refractivity contribution in [3.63, 3.8) is 0 Å². The van der Waals surface area contributed by atoms with Crippen molar-refractivity contribution in [2.24, 2.45) is 5.10 Å². The first-order valence-corrected chi connectivity index (χ1v) is 9.05. The Labute approximate surface area is 165 Å². The molecule has 0 aliphatic carbocycles.